The average Bonchev–Trinajstić information content (AvgIpc) is 3.12. The molecule has 3 aromatic rings. The van der Waals surface area contributed by atoms with Crippen molar-refractivity contribution in [2.24, 2.45) is 0 Å². The summed E-state index contributed by atoms with van der Waals surface area (Å²) in [5.41, 5.74) is 1.10. The number of fused-ring (bicyclic) bond motifs is 1. The van der Waals surface area contributed by atoms with E-state index in [4.69, 9.17) is 21.3 Å². The number of ether oxygens (including phenoxy) is 1. The van der Waals surface area contributed by atoms with Gasteiger partial charge in [-0.25, -0.2) is 4.98 Å². The molecule has 4 rings (SSSR count). The summed E-state index contributed by atoms with van der Waals surface area (Å²) >= 11 is 7.90. The third kappa shape index (κ3) is 4.61. The molecule has 0 saturated carbocycles. The average molecular weight is 403 g/mol. The van der Waals surface area contributed by atoms with Gasteiger partial charge in [-0.1, -0.05) is 35.9 Å². The summed E-state index contributed by atoms with van der Waals surface area (Å²) in [5.74, 6) is 1.14. The summed E-state index contributed by atoms with van der Waals surface area (Å²) in [4.78, 5) is 7.12. The first-order chi connectivity index (χ1) is 13.2. The van der Waals surface area contributed by atoms with E-state index < -0.39 is 6.10 Å². The second-order valence-corrected chi connectivity index (χ2v) is 8.46. The first-order valence-corrected chi connectivity index (χ1v) is 10.5. The van der Waals surface area contributed by atoms with E-state index in [9.17, 15) is 5.11 Å². The smallest absolute Gasteiger partial charge is 0.138 e. The van der Waals surface area contributed by atoms with Gasteiger partial charge in [0.25, 0.3) is 0 Å². The number of halogens is 1. The molecule has 1 fully saturated rings. The zero-order chi connectivity index (χ0) is 18.6. The lowest BCUT2D eigenvalue weighted by Gasteiger charge is -2.32. The third-order valence-corrected chi connectivity index (χ3v) is 6.50. The third-order valence-electron chi connectivity index (χ3n) is 4.98. The van der Waals surface area contributed by atoms with Gasteiger partial charge >= 0.3 is 0 Å². The number of piperidine rings is 1. The van der Waals surface area contributed by atoms with Crippen LogP contribution in [0.4, 0.5) is 0 Å². The number of hydrogen-bond acceptors (Lipinski definition) is 5. The van der Waals surface area contributed by atoms with Crippen LogP contribution >= 0.6 is 22.9 Å². The summed E-state index contributed by atoms with van der Waals surface area (Å²) in [7, 11) is 0. The van der Waals surface area contributed by atoms with Crippen LogP contribution in [-0.2, 0) is 0 Å². The number of hydrogen-bond donors (Lipinski definition) is 1. The van der Waals surface area contributed by atoms with Gasteiger partial charge in [0.1, 0.15) is 18.5 Å². The Hall–Kier alpha value is -1.66. The number of aromatic nitrogens is 1. The number of para-hydroxylation sites is 2. The molecule has 142 valence electrons. The Bertz CT molecular complexity index is 860. The highest BCUT2D eigenvalue weighted by Gasteiger charge is 2.24. The Morgan fingerprint density at radius 2 is 1.89 bits per heavy atom. The second-order valence-electron chi connectivity index (χ2n) is 6.99. The normalized spacial score (nSPS) is 17.3. The quantitative estimate of drug-likeness (QED) is 0.656. The summed E-state index contributed by atoms with van der Waals surface area (Å²) in [6.07, 6.45) is 1.64. The van der Waals surface area contributed by atoms with Gasteiger partial charge in [0.15, 0.2) is 0 Å². The van der Waals surface area contributed by atoms with Crippen LogP contribution in [0.5, 0.6) is 5.75 Å². The van der Waals surface area contributed by atoms with Gasteiger partial charge in [-0.3, -0.25) is 0 Å². The maximum atomic E-state index is 10.3. The topological polar surface area (TPSA) is 45.6 Å². The minimum absolute atomic E-state index is 0.252. The van der Waals surface area contributed by atoms with E-state index in [-0.39, 0.29) is 6.61 Å². The van der Waals surface area contributed by atoms with E-state index in [0.717, 1.165) is 31.4 Å². The zero-order valence-corrected chi connectivity index (χ0v) is 16.6. The molecule has 27 heavy (non-hydrogen) atoms. The Labute approximate surface area is 168 Å². The molecule has 6 heteroatoms. The summed E-state index contributed by atoms with van der Waals surface area (Å²) < 4.78 is 6.91. The molecule has 1 aliphatic heterocycles. The van der Waals surface area contributed by atoms with Gasteiger partial charge in [0, 0.05) is 12.5 Å². The van der Waals surface area contributed by atoms with Crippen molar-refractivity contribution >= 4 is 33.2 Å². The standard InChI is InChI=1S/C21H23ClN2O2S/c22-17-5-1-3-7-19(17)26-14-16(25)13-24-11-9-15(10-12-24)21-23-18-6-2-4-8-20(18)27-21/h1-8,15-16,25H,9-14H2. The van der Waals surface area contributed by atoms with Gasteiger partial charge in [-0.2, -0.15) is 0 Å². The highest BCUT2D eigenvalue weighted by molar-refractivity contribution is 7.18. The second kappa shape index (κ2) is 8.57. The molecular weight excluding hydrogens is 380 g/mol. The molecule has 0 spiro atoms. The van der Waals surface area contributed by atoms with Crippen LogP contribution in [0.25, 0.3) is 10.2 Å². The number of thiazole rings is 1. The lowest BCUT2D eigenvalue weighted by Crippen LogP contribution is -2.40. The van der Waals surface area contributed by atoms with Crippen LogP contribution in [0.3, 0.4) is 0 Å². The van der Waals surface area contributed by atoms with E-state index >= 15 is 0 Å². The van der Waals surface area contributed by atoms with Crippen LogP contribution < -0.4 is 4.74 Å². The van der Waals surface area contributed by atoms with Gasteiger partial charge in [0.2, 0.25) is 0 Å². The molecule has 1 saturated heterocycles. The fraction of sp³-hybridized carbons (Fsp3) is 0.381. The molecule has 0 bridgehead atoms. The molecule has 1 atom stereocenters. The SMILES string of the molecule is OC(COc1ccccc1Cl)CN1CCC(c2nc3ccccc3s2)CC1. The lowest BCUT2D eigenvalue weighted by molar-refractivity contribution is 0.0594. The fourth-order valence-corrected chi connectivity index (χ4v) is 4.85. The largest absolute Gasteiger partial charge is 0.489 e. The van der Waals surface area contributed by atoms with Crippen molar-refractivity contribution < 1.29 is 9.84 Å². The van der Waals surface area contributed by atoms with E-state index in [0.29, 0.717) is 23.2 Å². The number of nitrogens with zero attached hydrogens (tertiary/aromatic N) is 2. The molecule has 0 aliphatic carbocycles. The van der Waals surface area contributed by atoms with Crippen molar-refractivity contribution in [3.8, 4) is 5.75 Å². The van der Waals surface area contributed by atoms with Crippen molar-refractivity contribution in [1.82, 2.24) is 9.88 Å². The van der Waals surface area contributed by atoms with Gasteiger partial charge in [-0.15, -0.1) is 11.3 Å². The Balaban J connectivity index is 1.26. The molecule has 2 heterocycles. The summed E-state index contributed by atoms with van der Waals surface area (Å²) in [6, 6.07) is 15.7. The van der Waals surface area contributed by atoms with Crippen LogP contribution in [0.2, 0.25) is 5.02 Å². The maximum Gasteiger partial charge on any atom is 0.138 e. The van der Waals surface area contributed by atoms with Crippen molar-refractivity contribution in [2.75, 3.05) is 26.2 Å². The molecule has 1 aliphatic rings. The van der Waals surface area contributed by atoms with Crippen molar-refractivity contribution in [2.45, 2.75) is 24.9 Å². The predicted octanol–water partition coefficient (Wildman–Crippen LogP) is 4.57. The fourth-order valence-electron chi connectivity index (χ4n) is 3.53. The van der Waals surface area contributed by atoms with Gasteiger partial charge in [-0.05, 0) is 50.2 Å². The molecule has 4 nitrogen and oxygen atoms in total. The minimum atomic E-state index is -0.528. The zero-order valence-electron chi connectivity index (χ0n) is 15.1. The highest BCUT2D eigenvalue weighted by atomic mass is 35.5. The van der Waals surface area contributed by atoms with E-state index in [1.807, 2.05) is 35.6 Å². The monoisotopic (exact) mass is 402 g/mol. The summed E-state index contributed by atoms with van der Waals surface area (Å²) in [6.45, 7) is 2.83. The predicted molar refractivity (Wildman–Crippen MR) is 111 cm³/mol. The van der Waals surface area contributed by atoms with Gasteiger partial charge < -0.3 is 14.7 Å². The number of aliphatic hydroxyl groups excluding tert-OH is 1. The number of likely N-dealkylation sites (tertiary alicyclic amines) is 1. The Morgan fingerprint density at radius 3 is 2.67 bits per heavy atom. The van der Waals surface area contributed by atoms with E-state index in [2.05, 4.69) is 23.1 Å². The lowest BCUT2D eigenvalue weighted by atomic mass is 9.97. The van der Waals surface area contributed by atoms with Crippen molar-refractivity contribution in [3.05, 3.63) is 58.6 Å². The summed E-state index contributed by atoms with van der Waals surface area (Å²) in [5, 5.41) is 12.1. The van der Waals surface area contributed by atoms with Crippen molar-refractivity contribution in [1.29, 1.82) is 0 Å². The van der Waals surface area contributed by atoms with E-state index in [1.54, 1.807) is 6.07 Å². The molecule has 0 amide bonds. The molecule has 1 aromatic heterocycles. The first-order valence-electron chi connectivity index (χ1n) is 9.32. The molecular formula is C21H23ClN2O2S. The number of rotatable bonds is 6. The van der Waals surface area contributed by atoms with Crippen LogP contribution in [0.1, 0.15) is 23.8 Å². The van der Waals surface area contributed by atoms with Crippen LogP contribution in [0, 0.1) is 0 Å². The molecule has 2 aromatic carbocycles. The highest BCUT2D eigenvalue weighted by Crippen LogP contribution is 2.33. The van der Waals surface area contributed by atoms with Gasteiger partial charge in [0.05, 0.1) is 20.2 Å². The Morgan fingerprint density at radius 1 is 1.15 bits per heavy atom. The molecule has 0 radical (unpaired) electrons. The molecule has 1 N–H and O–H groups in total. The van der Waals surface area contributed by atoms with Crippen LogP contribution in [0.15, 0.2) is 48.5 Å². The number of aliphatic hydroxyl groups is 1. The van der Waals surface area contributed by atoms with E-state index in [1.165, 1.54) is 9.71 Å². The Kier molecular flexibility index (Phi) is 5.93. The number of β-amino-alcohol motifs (C(OH)–C–C–N with tert-alkyl or cyclic N) is 1. The molecule has 1 unspecified atom stereocenters. The van der Waals surface area contributed by atoms with Crippen molar-refractivity contribution in [3.63, 3.8) is 0 Å². The maximum absolute atomic E-state index is 10.3. The first kappa shape index (κ1) is 18.7. The minimum Gasteiger partial charge on any atom is -0.489 e. The number of benzene rings is 2. The van der Waals surface area contributed by atoms with Crippen LogP contribution in [-0.4, -0.2) is 47.3 Å².